The Morgan fingerprint density at radius 2 is 1.82 bits per heavy atom. The lowest BCUT2D eigenvalue weighted by Gasteiger charge is -2.36. The van der Waals surface area contributed by atoms with Crippen LogP contribution in [-0.2, 0) is 0 Å². The van der Waals surface area contributed by atoms with Crippen LogP contribution in [0.15, 0.2) is 29.6 Å². The number of piperazine rings is 1. The van der Waals surface area contributed by atoms with Crippen molar-refractivity contribution in [3.05, 3.63) is 51.5 Å². The standard InChI is InChI=1S/C17H19FN2OS/c1-12-13(2)22-11-14(12)17(21)20-9-7-19(8-10-20)16-6-4-3-5-15(16)18/h3-6,11H,7-10H2,1-2H3. The van der Waals surface area contributed by atoms with Gasteiger partial charge in [0.2, 0.25) is 0 Å². The summed E-state index contributed by atoms with van der Waals surface area (Å²) in [6.45, 7) is 6.61. The highest BCUT2D eigenvalue weighted by atomic mass is 32.1. The minimum atomic E-state index is -0.202. The third-order valence-electron chi connectivity index (χ3n) is 4.28. The number of hydrogen-bond acceptors (Lipinski definition) is 3. The molecule has 116 valence electrons. The zero-order chi connectivity index (χ0) is 15.7. The van der Waals surface area contributed by atoms with Crippen molar-refractivity contribution in [2.24, 2.45) is 0 Å². The number of carbonyl (C=O) groups is 1. The Morgan fingerprint density at radius 1 is 1.14 bits per heavy atom. The van der Waals surface area contributed by atoms with Gasteiger partial charge in [-0.15, -0.1) is 11.3 Å². The second kappa shape index (κ2) is 6.08. The molecule has 22 heavy (non-hydrogen) atoms. The van der Waals surface area contributed by atoms with E-state index in [0.29, 0.717) is 31.9 Å². The normalized spacial score (nSPS) is 15.2. The quantitative estimate of drug-likeness (QED) is 0.846. The van der Waals surface area contributed by atoms with E-state index >= 15 is 0 Å². The summed E-state index contributed by atoms with van der Waals surface area (Å²) < 4.78 is 13.8. The van der Waals surface area contributed by atoms with Gasteiger partial charge in [0.05, 0.1) is 11.3 Å². The molecule has 0 saturated carbocycles. The first-order valence-electron chi connectivity index (χ1n) is 7.41. The van der Waals surface area contributed by atoms with E-state index in [1.54, 1.807) is 23.5 Å². The Morgan fingerprint density at radius 3 is 2.41 bits per heavy atom. The molecule has 3 rings (SSSR count). The van der Waals surface area contributed by atoms with E-state index in [1.807, 2.05) is 35.1 Å². The molecule has 0 aliphatic carbocycles. The molecule has 1 amide bonds. The summed E-state index contributed by atoms with van der Waals surface area (Å²) in [6.07, 6.45) is 0. The Bertz CT molecular complexity index is 690. The van der Waals surface area contributed by atoms with Gasteiger partial charge in [-0.3, -0.25) is 4.79 Å². The maximum atomic E-state index is 13.8. The van der Waals surface area contributed by atoms with Gasteiger partial charge in [0.1, 0.15) is 5.82 Å². The lowest BCUT2D eigenvalue weighted by Crippen LogP contribution is -2.49. The van der Waals surface area contributed by atoms with Crippen LogP contribution in [0, 0.1) is 19.7 Å². The Balaban J connectivity index is 1.68. The summed E-state index contributed by atoms with van der Waals surface area (Å²) in [5.41, 5.74) is 2.51. The SMILES string of the molecule is Cc1scc(C(=O)N2CCN(c3ccccc3F)CC2)c1C. The number of halogens is 1. The molecule has 0 spiro atoms. The van der Waals surface area contributed by atoms with Crippen LogP contribution in [0.4, 0.5) is 10.1 Å². The number of amides is 1. The highest BCUT2D eigenvalue weighted by molar-refractivity contribution is 7.10. The summed E-state index contributed by atoms with van der Waals surface area (Å²) in [4.78, 5) is 17.6. The Kier molecular flexibility index (Phi) is 4.16. The van der Waals surface area contributed by atoms with Crippen molar-refractivity contribution in [1.82, 2.24) is 4.90 Å². The number of anilines is 1. The molecule has 1 fully saturated rings. The van der Waals surface area contributed by atoms with E-state index in [-0.39, 0.29) is 11.7 Å². The third kappa shape index (κ3) is 2.73. The largest absolute Gasteiger partial charge is 0.366 e. The average Bonchev–Trinajstić information content (AvgIpc) is 2.87. The van der Waals surface area contributed by atoms with Gasteiger partial charge in [-0.1, -0.05) is 12.1 Å². The first kappa shape index (κ1) is 15.0. The Labute approximate surface area is 134 Å². The lowest BCUT2D eigenvalue weighted by molar-refractivity contribution is 0.0746. The molecule has 3 nitrogen and oxygen atoms in total. The zero-order valence-corrected chi connectivity index (χ0v) is 13.6. The molecule has 2 aromatic rings. The highest BCUT2D eigenvalue weighted by Crippen LogP contribution is 2.24. The average molecular weight is 318 g/mol. The fraction of sp³-hybridized carbons (Fsp3) is 0.353. The van der Waals surface area contributed by atoms with Crippen molar-refractivity contribution in [1.29, 1.82) is 0 Å². The minimum absolute atomic E-state index is 0.0926. The predicted octanol–water partition coefficient (Wildman–Crippen LogP) is 3.47. The molecule has 0 N–H and O–H groups in total. The summed E-state index contributed by atoms with van der Waals surface area (Å²) in [5, 5.41) is 1.94. The van der Waals surface area contributed by atoms with Gasteiger partial charge < -0.3 is 9.80 Å². The molecule has 0 radical (unpaired) electrons. The van der Waals surface area contributed by atoms with Gasteiger partial charge in [0, 0.05) is 36.4 Å². The number of hydrogen-bond donors (Lipinski definition) is 0. The van der Waals surface area contributed by atoms with Crippen LogP contribution >= 0.6 is 11.3 Å². The van der Waals surface area contributed by atoms with Gasteiger partial charge in [-0.2, -0.15) is 0 Å². The monoisotopic (exact) mass is 318 g/mol. The number of rotatable bonds is 2. The molecule has 0 unspecified atom stereocenters. The molecular weight excluding hydrogens is 299 g/mol. The topological polar surface area (TPSA) is 23.6 Å². The van der Waals surface area contributed by atoms with Crippen molar-refractivity contribution in [2.45, 2.75) is 13.8 Å². The molecule has 2 heterocycles. The van der Waals surface area contributed by atoms with Crippen LogP contribution in [0.1, 0.15) is 20.8 Å². The molecule has 0 atom stereocenters. The Hall–Kier alpha value is -1.88. The second-order valence-corrected chi connectivity index (χ2v) is 6.65. The summed E-state index contributed by atoms with van der Waals surface area (Å²) in [6, 6.07) is 6.80. The van der Waals surface area contributed by atoms with Gasteiger partial charge >= 0.3 is 0 Å². The van der Waals surface area contributed by atoms with Crippen LogP contribution in [-0.4, -0.2) is 37.0 Å². The zero-order valence-electron chi connectivity index (χ0n) is 12.8. The summed E-state index contributed by atoms with van der Waals surface area (Å²) >= 11 is 1.62. The lowest BCUT2D eigenvalue weighted by atomic mass is 10.1. The van der Waals surface area contributed by atoms with E-state index in [9.17, 15) is 9.18 Å². The summed E-state index contributed by atoms with van der Waals surface area (Å²) in [7, 11) is 0. The minimum Gasteiger partial charge on any atom is -0.366 e. The van der Waals surface area contributed by atoms with Gasteiger partial charge in [0.15, 0.2) is 0 Å². The van der Waals surface area contributed by atoms with Crippen molar-refractivity contribution in [2.75, 3.05) is 31.1 Å². The molecular formula is C17H19FN2OS. The molecule has 1 saturated heterocycles. The van der Waals surface area contributed by atoms with Crippen LogP contribution in [0.5, 0.6) is 0 Å². The molecule has 1 aliphatic heterocycles. The van der Waals surface area contributed by atoms with Gasteiger partial charge in [-0.25, -0.2) is 4.39 Å². The molecule has 1 aromatic carbocycles. The van der Waals surface area contributed by atoms with Crippen LogP contribution in [0.3, 0.4) is 0 Å². The smallest absolute Gasteiger partial charge is 0.255 e. The number of carbonyl (C=O) groups excluding carboxylic acids is 1. The van der Waals surface area contributed by atoms with E-state index < -0.39 is 0 Å². The van der Waals surface area contributed by atoms with Crippen molar-refractivity contribution < 1.29 is 9.18 Å². The number of aryl methyl sites for hydroxylation is 1. The first-order chi connectivity index (χ1) is 10.6. The van der Waals surface area contributed by atoms with Crippen molar-refractivity contribution in [3.8, 4) is 0 Å². The number of para-hydroxylation sites is 1. The van der Waals surface area contributed by atoms with Gasteiger partial charge in [0.25, 0.3) is 5.91 Å². The van der Waals surface area contributed by atoms with Crippen LogP contribution < -0.4 is 4.90 Å². The highest BCUT2D eigenvalue weighted by Gasteiger charge is 2.25. The number of thiophene rings is 1. The van der Waals surface area contributed by atoms with E-state index in [4.69, 9.17) is 0 Å². The third-order valence-corrected chi connectivity index (χ3v) is 5.29. The molecule has 1 aliphatic rings. The fourth-order valence-corrected chi connectivity index (χ4v) is 3.61. The van der Waals surface area contributed by atoms with Crippen molar-refractivity contribution in [3.63, 3.8) is 0 Å². The maximum absolute atomic E-state index is 13.8. The van der Waals surface area contributed by atoms with Crippen molar-refractivity contribution >= 4 is 22.9 Å². The van der Waals surface area contributed by atoms with E-state index in [0.717, 1.165) is 11.1 Å². The van der Waals surface area contributed by atoms with Crippen LogP contribution in [0.2, 0.25) is 0 Å². The predicted molar refractivity (Wildman–Crippen MR) is 88.3 cm³/mol. The van der Waals surface area contributed by atoms with E-state index in [1.165, 1.54) is 10.9 Å². The molecule has 5 heteroatoms. The van der Waals surface area contributed by atoms with Crippen LogP contribution in [0.25, 0.3) is 0 Å². The second-order valence-electron chi connectivity index (χ2n) is 5.56. The maximum Gasteiger partial charge on any atom is 0.255 e. The number of benzene rings is 1. The molecule has 1 aromatic heterocycles. The van der Waals surface area contributed by atoms with Gasteiger partial charge in [-0.05, 0) is 31.5 Å². The number of nitrogens with zero attached hydrogens (tertiary/aromatic N) is 2. The van der Waals surface area contributed by atoms with E-state index in [2.05, 4.69) is 0 Å². The molecule has 0 bridgehead atoms. The summed E-state index contributed by atoms with van der Waals surface area (Å²) in [5.74, 6) is -0.110. The fourth-order valence-electron chi connectivity index (χ4n) is 2.75. The first-order valence-corrected chi connectivity index (χ1v) is 8.29.